The van der Waals surface area contributed by atoms with E-state index in [4.69, 9.17) is 104 Å². The molecule has 0 aromatic carbocycles. The molecular weight excluding hydrogens is 1840 g/mol. The largest absolute Gasteiger partial charge is 0.465 e. The molecule has 4 aliphatic heterocycles. The van der Waals surface area contributed by atoms with Crippen molar-refractivity contribution in [3.05, 3.63) is 11.9 Å². The molecule has 8 N–H and O–H groups in total. The molecule has 47 heteroatoms. The van der Waals surface area contributed by atoms with Gasteiger partial charge in [-0.15, -0.1) is 5.10 Å². The molecule has 788 valence electrons. The van der Waals surface area contributed by atoms with Crippen LogP contribution in [0, 0.1) is 75.8 Å². The molecule has 0 saturated carbocycles. The summed E-state index contributed by atoms with van der Waals surface area (Å²) in [6.07, 6.45) is 2.61. The number of aryl methyl sites for hydroxylation is 1. The standard InChI is InChI=1S/C91H145N3O44/c1-74(2)131-51-88(19,52-132-74)70(113)127-47-86(17,48-128-71(114)89(20)53-133-75(3,4)134-54-89)68(111)125-41-83(14,42-126-69(112)87(18,49-129-72(115)90(21)55-135-76(5,6)136-56-90)50-130-73(116)91(22)57-137-77(7,8)138-58-91)65(108)118-30-59-29-94(93-92-59)27-25-23-24-26-28-117-64(107)82(13,39-123-66(109)84(15,43-119-60(103)78(9,31-95)32-96)44-120-61(104)79(10,33-97)34-98)40-124-67(110)85(16,45-121-62(105)80(11,35-99)36-100)46-122-63(106)81(12,37-101)38-102/h29,95-102H,23-28,30-58H2,1-22H3. The maximum atomic E-state index is 15.0. The number of aliphatic hydroxyl groups is 8. The van der Waals surface area contributed by atoms with Gasteiger partial charge in [0.25, 0.3) is 0 Å². The number of nitrogens with zero attached hydrogens (tertiary/aromatic N) is 3. The highest BCUT2D eigenvalue weighted by atomic mass is 16.7. The fourth-order valence-corrected chi connectivity index (χ4v) is 11.8. The summed E-state index contributed by atoms with van der Waals surface area (Å²) < 4.78 is 127. The number of aromatic nitrogens is 3. The van der Waals surface area contributed by atoms with Crippen molar-refractivity contribution in [1.82, 2.24) is 15.0 Å². The van der Waals surface area contributed by atoms with Crippen LogP contribution in [0.25, 0.3) is 0 Å². The van der Waals surface area contributed by atoms with E-state index >= 15 is 0 Å². The van der Waals surface area contributed by atoms with Gasteiger partial charge < -0.3 is 145 Å². The Bertz CT molecular complexity index is 3910. The van der Waals surface area contributed by atoms with Gasteiger partial charge in [0.2, 0.25) is 0 Å². The summed E-state index contributed by atoms with van der Waals surface area (Å²) >= 11 is 0. The van der Waals surface area contributed by atoms with Gasteiger partial charge in [-0.05, 0) is 172 Å². The lowest BCUT2D eigenvalue weighted by molar-refractivity contribution is -0.283. The fraction of sp³-hybridized carbons (Fsp3) is 0.824. The number of esters is 14. The zero-order valence-electron chi connectivity index (χ0n) is 83.4. The van der Waals surface area contributed by atoms with Crippen LogP contribution in [0.4, 0.5) is 0 Å². The average molecular weight is 1990 g/mol. The number of hydrogen-bond acceptors (Lipinski definition) is 46. The van der Waals surface area contributed by atoms with Gasteiger partial charge in [0.1, 0.15) is 167 Å². The molecule has 0 spiro atoms. The Balaban J connectivity index is 1.42. The molecule has 5 heterocycles. The third kappa shape index (κ3) is 32.0. The lowest BCUT2D eigenvalue weighted by atomic mass is 9.89. The van der Waals surface area contributed by atoms with Gasteiger partial charge in [-0.25, -0.2) is 0 Å². The van der Waals surface area contributed by atoms with Gasteiger partial charge in [-0.2, -0.15) is 0 Å². The zero-order valence-corrected chi connectivity index (χ0v) is 83.4. The quantitative estimate of drug-likeness (QED) is 0.0257. The number of aliphatic hydroxyl groups excluding tert-OH is 8. The normalized spacial score (nSPS) is 18.1. The summed E-state index contributed by atoms with van der Waals surface area (Å²) in [5, 5.41) is 87.8. The highest BCUT2D eigenvalue weighted by molar-refractivity contribution is 5.87. The van der Waals surface area contributed by atoms with Crippen LogP contribution < -0.4 is 0 Å². The van der Waals surface area contributed by atoms with E-state index in [1.54, 1.807) is 55.4 Å². The third-order valence-corrected chi connectivity index (χ3v) is 24.3. The van der Waals surface area contributed by atoms with Gasteiger partial charge in [-0.3, -0.25) is 71.8 Å². The predicted octanol–water partition coefficient (Wildman–Crippen LogP) is 1.10. The SMILES string of the molecule is CC1(C)OCC(C)(C(=O)OCC(C)(COC(=O)C2(C)COC(C)(C)OC2)C(=O)OCC(C)(COC(=O)C(C)(COC(=O)C2(C)COC(C)(C)OC2)COC(=O)C2(C)COC(C)(C)OC2)C(=O)OCc2cn(CCCCCCOC(=O)C(C)(COC(=O)C(C)(COC(=O)C(C)(CO)CO)COC(=O)C(C)(CO)CO)COC(=O)C(C)(COC(=O)C(C)(CO)CO)COC(=O)C(C)(CO)CO)nn2)CO1. The van der Waals surface area contributed by atoms with Crippen LogP contribution in [0.5, 0.6) is 0 Å². The number of hydrogen-bond donors (Lipinski definition) is 8. The van der Waals surface area contributed by atoms with Crippen molar-refractivity contribution < 1.29 is 212 Å². The summed E-state index contributed by atoms with van der Waals surface area (Å²) in [7, 11) is 0. The molecule has 1 aromatic rings. The number of rotatable bonds is 55. The third-order valence-electron chi connectivity index (χ3n) is 24.3. The first-order valence-corrected chi connectivity index (χ1v) is 45.0. The molecule has 0 aliphatic carbocycles. The molecule has 4 fully saturated rings. The Labute approximate surface area is 801 Å². The van der Waals surface area contributed by atoms with Crippen LogP contribution in [0.3, 0.4) is 0 Å². The summed E-state index contributed by atoms with van der Waals surface area (Å²) in [4.78, 5) is 197. The van der Waals surface area contributed by atoms with E-state index in [-0.39, 0.29) is 78.1 Å². The van der Waals surface area contributed by atoms with Crippen molar-refractivity contribution in [2.24, 2.45) is 75.8 Å². The van der Waals surface area contributed by atoms with Gasteiger partial charge >= 0.3 is 83.6 Å². The average Bonchev–Trinajstić information content (AvgIpc) is 0.835. The number of carbonyl (C=O) groups is 14. The molecule has 0 radical (unpaired) electrons. The van der Waals surface area contributed by atoms with Crippen molar-refractivity contribution in [2.75, 3.05) is 192 Å². The summed E-state index contributed by atoms with van der Waals surface area (Å²) in [6, 6.07) is 0. The molecule has 1 aromatic heterocycles. The first-order valence-electron chi connectivity index (χ1n) is 45.0. The van der Waals surface area contributed by atoms with E-state index in [1.165, 1.54) is 59.3 Å². The molecule has 0 unspecified atom stereocenters. The van der Waals surface area contributed by atoms with Crippen molar-refractivity contribution in [2.45, 2.75) is 214 Å². The van der Waals surface area contributed by atoms with Crippen LogP contribution >= 0.6 is 0 Å². The minimum atomic E-state index is -2.28. The summed E-state index contributed by atoms with van der Waals surface area (Å²) in [5.74, 6) is -20.4. The van der Waals surface area contributed by atoms with Crippen molar-refractivity contribution in [3.63, 3.8) is 0 Å². The predicted molar refractivity (Wildman–Crippen MR) is 465 cm³/mol. The topological polar surface area (TPSA) is 635 Å². The second-order valence-corrected chi connectivity index (χ2v) is 42.0. The van der Waals surface area contributed by atoms with E-state index in [9.17, 15) is 108 Å². The Morgan fingerprint density at radius 3 is 0.659 bits per heavy atom. The first-order chi connectivity index (χ1) is 63.7. The van der Waals surface area contributed by atoms with Crippen molar-refractivity contribution >= 4 is 83.6 Å². The van der Waals surface area contributed by atoms with E-state index < -0.39 is 321 Å². The van der Waals surface area contributed by atoms with Gasteiger partial charge in [0.05, 0.1) is 119 Å². The van der Waals surface area contributed by atoms with Crippen LogP contribution in [-0.4, -0.2) is 354 Å². The van der Waals surface area contributed by atoms with Gasteiger partial charge in [-0.1, -0.05) is 11.6 Å². The minimum Gasteiger partial charge on any atom is -0.465 e. The second kappa shape index (κ2) is 48.2. The zero-order chi connectivity index (χ0) is 105. The lowest BCUT2D eigenvalue weighted by Gasteiger charge is -2.41. The molecule has 0 atom stereocenters. The number of unbranched alkanes of at least 4 members (excludes halogenated alkanes) is 3. The van der Waals surface area contributed by atoms with E-state index in [1.807, 2.05) is 0 Å². The molecule has 5 rings (SSSR count). The van der Waals surface area contributed by atoms with Crippen molar-refractivity contribution in [1.29, 1.82) is 0 Å². The lowest BCUT2D eigenvalue weighted by Crippen LogP contribution is -2.52. The monoisotopic (exact) mass is 1980 g/mol. The number of ether oxygens (including phenoxy) is 22. The summed E-state index contributed by atoms with van der Waals surface area (Å²) in [5.41, 5.74) is -26.6. The molecule has 47 nitrogen and oxygen atoms in total. The smallest absolute Gasteiger partial charge is 0.319 e. The Hall–Kier alpha value is -8.92. The highest BCUT2D eigenvalue weighted by Gasteiger charge is 2.55. The maximum absolute atomic E-state index is 15.0. The first kappa shape index (κ1) is 120. The summed E-state index contributed by atoms with van der Waals surface area (Å²) in [6.45, 7) is 9.33. The second-order valence-electron chi connectivity index (χ2n) is 42.0. The molecular formula is C91H145N3O44. The van der Waals surface area contributed by atoms with Crippen LogP contribution in [0.2, 0.25) is 0 Å². The maximum Gasteiger partial charge on any atom is 0.319 e. The minimum absolute atomic E-state index is 0.0418. The van der Waals surface area contributed by atoms with E-state index in [2.05, 4.69) is 10.3 Å². The van der Waals surface area contributed by atoms with Gasteiger partial charge in [0, 0.05) is 6.54 Å². The van der Waals surface area contributed by atoms with Crippen molar-refractivity contribution in [3.8, 4) is 0 Å². The Morgan fingerprint density at radius 2 is 0.449 bits per heavy atom. The van der Waals surface area contributed by atoms with E-state index in [0.29, 0.717) is 19.3 Å². The molecule has 4 saturated heterocycles. The molecule has 0 amide bonds. The molecule has 0 bridgehead atoms. The molecule has 4 aliphatic rings. The fourth-order valence-electron chi connectivity index (χ4n) is 11.8. The number of carbonyl (C=O) groups excluding carboxylic acids is 14. The van der Waals surface area contributed by atoms with E-state index in [0.717, 1.165) is 48.5 Å². The Kier molecular flexibility index (Phi) is 41.8. The van der Waals surface area contributed by atoms with Gasteiger partial charge in [0.15, 0.2) is 23.1 Å². The van der Waals surface area contributed by atoms with Crippen LogP contribution in [0.1, 0.15) is 184 Å². The highest BCUT2D eigenvalue weighted by Crippen LogP contribution is 2.40. The Morgan fingerprint density at radius 1 is 0.268 bits per heavy atom. The van der Waals surface area contributed by atoms with Crippen LogP contribution in [0.15, 0.2) is 6.20 Å². The molecule has 138 heavy (non-hydrogen) atoms. The van der Waals surface area contributed by atoms with Crippen LogP contribution in [-0.2, 0) is 184 Å².